The number of unbranched alkanes of at least 4 members (excludes halogenated alkanes) is 8. The van der Waals surface area contributed by atoms with Crippen LogP contribution in [0.5, 0.6) is 0 Å². The van der Waals surface area contributed by atoms with Gasteiger partial charge in [0.1, 0.15) is 0 Å². The standard InChI is InChI=1S/C18H32O4.C6H13Br.Mg.2H/c1-4-7-10-11-12-18(20)16(19)15(21-13-8-5-2)17(18)22-14-9-6-3;1-2-3-4-5-6-7;;;/h20H,4-14H2,1-3H3;2-6H2,1H3;;;/q;;+2;2*-1. The summed E-state index contributed by atoms with van der Waals surface area (Å²) >= 11 is 3.38. The topological polar surface area (TPSA) is 55.8 Å². The molecule has 0 fully saturated rings. The predicted octanol–water partition coefficient (Wildman–Crippen LogP) is 6.92. The van der Waals surface area contributed by atoms with E-state index in [0.29, 0.717) is 25.4 Å². The van der Waals surface area contributed by atoms with Gasteiger partial charge in [-0.3, -0.25) is 4.79 Å². The van der Waals surface area contributed by atoms with Crippen LogP contribution in [-0.2, 0) is 14.3 Å². The second kappa shape index (κ2) is 21.1. The van der Waals surface area contributed by atoms with Crippen LogP contribution < -0.4 is 0 Å². The minimum atomic E-state index is -1.44. The van der Waals surface area contributed by atoms with Gasteiger partial charge in [0.15, 0.2) is 11.4 Å². The molecule has 1 atom stereocenters. The molecule has 4 nitrogen and oxygen atoms in total. The summed E-state index contributed by atoms with van der Waals surface area (Å²) in [5.41, 5.74) is -1.44. The molecule has 0 aromatic heterocycles. The number of aliphatic hydroxyl groups is 1. The van der Waals surface area contributed by atoms with Gasteiger partial charge in [-0.1, -0.05) is 95.0 Å². The summed E-state index contributed by atoms with van der Waals surface area (Å²) in [5, 5.41) is 11.8. The van der Waals surface area contributed by atoms with Crippen molar-refractivity contribution in [1.82, 2.24) is 0 Å². The van der Waals surface area contributed by atoms with Crippen LogP contribution in [0.2, 0.25) is 0 Å². The fourth-order valence-corrected chi connectivity index (χ4v) is 3.42. The number of alkyl halides is 1. The van der Waals surface area contributed by atoms with E-state index in [0.717, 1.165) is 51.4 Å². The average Bonchev–Trinajstić information content (AvgIpc) is 2.73. The zero-order valence-corrected chi connectivity index (χ0v) is 23.1. The summed E-state index contributed by atoms with van der Waals surface area (Å²) in [6, 6.07) is 0. The van der Waals surface area contributed by atoms with Gasteiger partial charge >= 0.3 is 23.1 Å². The quantitative estimate of drug-likeness (QED) is 0.133. The minimum absolute atomic E-state index is 0. The Morgan fingerprint density at radius 1 is 0.800 bits per heavy atom. The second-order valence-electron chi connectivity index (χ2n) is 7.81. The molecule has 1 rings (SSSR count). The minimum Gasteiger partial charge on any atom is -1.00 e. The van der Waals surface area contributed by atoms with E-state index in [1.165, 1.54) is 31.0 Å². The SMILES string of the molecule is CCCCCCBr.CCCCCCC1(O)C(=O)C(OCCCC)=C1OCCCC.[H-].[H-].[Mg+2]. The number of hydrogen-bond donors (Lipinski definition) is 1. The van der Waals surface area contributed by atoms with Crippen molar-refractivity contribution in [1.29, 1.82) is 0 Å². The maximum absolute atomic E-state index is 12.3. The number of rotatable bonds is 17. The van der Waals surface area contributed by atoms with Gasteiger partial charge in [0.2, 0.25) is 11.5 Å². The Balaban J connectivity index is -0.000000342. The zero-order chi connectivity index (χ0) is 22.0. The summed E-state index contributed by atoms with van der Waals surface area (Å²) in [7, 11) is 0. The van der Waals surface area contributed by atoms with Gasteiger partial charge in [-0.25, -0.2) is 0 Å². The van der Waals surface area contributed by atoms with Gasteiger partial charge in [-0.2, -0.15) is 0 Å². The van der Waals surface area contributed by atoms with E-state index in [4.69, 9.17) is 9.47 Å². The van der Waals surface area contributed by atoms with Crippen molar-refractivity contribution in [3.8, 4) is 0 Å². The molecule has 0 aromatic carbocycles. The molecule has 0 bridgehead atoms. The summed E-state index contributed by atoms with van der Waals surface area (Å²) in [6.45, 7) is 9.56. The Morgan fingerprint density at radius 2 is 1.30 bits per heavy atom. The first-order chi connectivity index (χ1) is 14.0. The van der Waals surface area contributed by atoms with Crippen LogP contribution >= 0.6 is 15.9 Å². The monoisotopic (exact) mass is 502 g/mol. The van der Waals surface area contributed by atoms with Crippen molar-refractivity contribution in [3.63, 3.8) is 0 Å². The number of ether oxygens (including phenoxy) is 2. The van der Waals surface area contributed by atoms with E-state index in [-0.39, 0.29) is 37.4 Å². The van der Waals surface area contributed by atoms with E-state index >= 15 is 0 Å². The van der Waals surface area contributed by atoms with Gasteiger partial charge in [0.05, 0.1) is 13.2 Å². The molecule has 1 N–H and O–H groups in total. The molecule has 30 heavy (non-hydrogen) atoms. The number of carbonyl (C=O) groups is 1. The molecule has 0 amide bonds. The number of Topliss-reactive ketones (excluding diaryl/α,β-unsaturated/α-hetero) is 1. The third kappa shape index (κ3) is 12.3. The van der Waals surface area contributed by atoms with E-state index in [9.17, 15) is 9.90 Å². The Morgan fingerprint density at radius 3 is 1.80 bits per heavy atom. The van der Waals surface area contributed by atoms with Crippen LogP contribution in [0.15, 0.2) is 11.5 Å². The van der Waals surface area contributed by atoms with Crippen molar-refractivity contribution in [3.05, 3.63) is 11.5 Å². The molecule has 0 aliphatic heterocycles. The molecule has 0 radical (unpaired) electrons. The maximum Gasteiger partial charge on any atom is 2.00 e. The number of ketones is 1. The van der Waals surface area contributed by atoms with Gasteiger partial charge in [-0.05, 0) is 32.1 Å². The third-order valence-corrected chi connectivity index (χ3v) is 5.59. The van der Waals surface area contributed by atoms with Crippen molar-refractivity contribution in [2.45, 2.75) is 117 Å². The van der Waals surface area contributed by atoms with E-state index in [1.807, 2.05) is 0 Å². The summed E-state index contributed by atoms with van der Waals surface area (Å²) in [6.07, 6.45) is 13.9. The van der Waals surface area contributed by atoms with E-state index in [1.54, 1.807) is 0 Å². The largest absolute Gasteiger partial charge is 2.00 e. The second-order valence-corrected chi connectivity index (χ2v) is 8.60. The van der Waals surface area contributed by atoms with E-state index in [2.05, 4.69) is 43.6 Å². The van der Waals surface area contributed by atoms with Gasteiger partial charge in [-0.15, -0.1) is 0 Å². The molecule has 176 valence electrons. The van der Waals surface area contributed by atoms with E-state index < -0.39 is 5.60 Å². The van der Waals surface area contributed by atoms with Crippen LogP contribution in [0.3, 0.4) is 0 Å². The Kier molecular flexibility index (Phi) is 22.8. The van der Waals surface area contributed by atoms with Crippen LogP contribution in [0.1, 0.15) is 114 Å². The first-order valence-corrected chi connectivity index (χ1v) is 13.0. The van der Waals surface area contributed by atoms with Crippen LogP contribution in [0.25, 0.3) is 0 Å². The fraction of sp³-hybridized carbons (Fsp3) is 0.875. The number of halogens is 1. The van der Waals surface area contributed by atoms with Crippen LogP contribution in [0, 0.1) is 0 Å². The molecular weight excluding hydrogens is 456 g/mol. The Bertz CT molecular complexity index is 463. The molecule has 0 saturated heterocycles. The normalized spacial score (nSPS) is 17.6. The van der Waals surface area contributed by atoms with Crippen LogP contribution in [0.4, 0.5) is 0 Å². The predicted molar refractivity (Wildman–Crippen MR) is 133 cm³/mol. The first kappa shape index (κ1) is 32.4. The van der Waals surface area contributed by atoms with Crippen molar-refractivity contribution in [2.75, 3.05) is 18.5 Å². The maximum atomic E-state index is 12.3. The molecule has 0 aromatic rings. The van der Waals surface area contributed by atoms with Crippen molar-refractivity contribution < 1.29 is 22.2 Å². The molecule has 1 unspecified atom stereocenters. The molecule has 0 saturated carbocycles. The summed E-state index contributed by atoms with van der Waals surface area (Å²) in [5.74, 6) is 0.327. The summed E-state index contributed by atoms with van der Waals surface area (Å²) < 4.78 is 11.2. The molecule has 6 heteroatoms. The summed E-state index contributed by atoms with van der Waals surface area (Å²) in [4.78, 5) is 12.3. The van der Waals surface area contributed by atoms with Gasteiger partial charge in [0, 0.05) is 5.33 Å². The average molecular weight is 504 g/mol. The molecule has 0 heterocycles. The number of hydrogen-bond acceptors (Lipinski definition) is 4. The third-order valence-electron chi connectivity index (χ3n) is 5.03. The Labute approximate surface area is 213 Å². The molecule has 0 spiro atoms. The molecule has 1 aliphatic carbocycles. The van der Waals surface area contributed by atoms with Crippen LogP contribution in [-0.4, -0.2) is 58.1 Å². The van der Waals surface area contributed by atoms with Crippen molar-refractivity contribution >= 4 is 44.8 Å². The fourth-order valence-electron chi connectivity index (χ4n) is 3.03. The van der Waals surface area contributed by atoms with Gasteiger partial charge < -0.3 is 17.4 Å². The van der Waals surface area contributed by atoms with Crippen molar-refractivity contribution in [2.24, 2.45) is 0 Å². The first-order valence-electron chi connectivity index (χ1n) is 11.9. The molecular formula is C24H47BrMgO4. The Hall–Kier alpha value is 0.216. The smallest absolute Gasteiger partial charge is 1.00 e. The zero-order valence-electron chi connectivity index (χ0n) is 22.1. The molecule has 1 aliphatic rings. The number of carbonyl (C=O) groups excluding carboxylic acids is 1. The van der Waals surface area contributed by atoms with Gasteiger partial charge in [0.25, 0.3) is 0 Å².